The van der Waals surface area contributed by atoms with E-state index in [1.54, 1.807) is 23.1 Å². The van der Waals surface area contributed by atoms with Crippen LogP contribution >= 0.6 is 0 Å². The van der Waals surface area contributed by atoms with Crippen molar-refractivity contribution in [3.63, 3.8) is 0 Å². The summed E-state index contributed by atoms with van der Waals surface area (Å²) >= 11 is 0. The lowest BCUT2D eigenvalue weighted by Crippen LogP contribution is -2.39. The Morgan fingerprint density at radius 2 is 1.84 bits per heavy atom. The molecule has 154 valence electrons. The van der Waals surface area contributed by atoms with Crippen molar-refractivity contribution in [2.24, 2.45) is 0 Å². The molecule has 2 heterocycles. The first-order valence-electron chi connectivity index (χ1n) is 10.3. The van der Waals surface area contributed by atoms with Gasteiger partial charge in [0.2, 0.25) is 0 Å². The van der Waals surface area contributed by atoms with Gasteiger partial charge in [0.05, 0.1) is 10.9 Å². The van der Waals surface area contributed by atoms with E-state index in [9.17, 15) is 9.59 Å². The Bertz CT molecular complexity index is 1330. The van der Waals surface area contributed by atoms with Crippen molar-refractivity contribution < 1.29 is 13.9 Å². The number of anilines is 1. The second kappa shape index (κ2) is 7.76. The van der Waals surface area contributed by atoms with Gasteiger partial charge in [-0.15, -0.1) is 0 Å². The predicted octanol–water partition coefficient (Wildman–Crippen LogP) is 4.82. The van der Waals surface area contributed by atoms with Crippen molar-refractivity contribution in [1.82, 2.24) is 0 Å². The van der Waals surface area contributed by atoms with Gasteiger partial charge in [0.25, 0.3) is 5.91 Å². The van der Waals surface area contributed by atoms with Crippen LogP contribution in [-0.2, 0) is 11.2 Å². The van der Waals surface area contributed by atoms with Crippen molar-refractivity contribution >= 4 is 22.6 Å². The molecule has 0 aliphatic carbocycles. The minimum atomic E-state index is -0.0995. The number of hydrogen-bond donors (Lipinski definition) is 0. The van der Waals surface area contributed by atoms with E-state index in [0.29, 0.717) is 22.3 Å². The van der Waals surface area contributed by atoms with E-state index in [0.717, 1.165) is 17.7 Å². The van der Waals surface area contributed by atoms with Gasteiger partial charge < -0.3 is 14.1 Å². The number of carbonyl (C=O) groups is 1. The van der Waals surface area contributed by atoms with Crippen LogP contribution in [0.3, 0.4) is 0 Å². The van der Waals surface area contributed by atoms with Crippen LogP contribution in [0, 0.1) is 0 Å². The molecule has 1 amide bonds. The summed E-state index contributed by atoms with van der Waals surface area (Å²) in [6.45, 7) is 1.95. The molecule has 1 aromatic heterocycles. The second-order valence-electron chi connectivity index (χ2n) is 7.74. The van der Waals surface area contributed by atoms with E-state index in [1.807, 2.05) is 55.5 Å². The van der Waals surface area contributed by atoms with Crippen molar-refractivity contribution in [2.45, 2.75) is 19.4 Å². The van der Waals surface area contributed by atoms with E-state index < -0.39 is 0 Å². The number of fused-ring (bicyclic) bond motifs is 2. The zero-order valence-corrected chi connectivity index (χ0v) is 17.1. The largest absolute Gasteiger partial charge is 0.484 e. The molecular weight excluding hydrogens is 390 g/mol. The Balaban J connectivity index is 1.36. The van der Waals surface area contributed by atoms with Gasteiger partial charge in [-0.3, -0.25) is 9.59 Å². The van der Waals surface area contributed by atoms with Crippen LogP contribution in [0.2, 0.25) is 0 Å². The molecule has 0 saturated carbocycles. The third-order valence-electron chi connectivity index (χ3n) is 5.67. The highest BCUT2D eigenvalue weighted by atomic mass is 16.5. The number of rotatable bonds is 4. The van der Waals surface area contributed by atoms with E-state index in [-0.39, 0.29) is 24.0 Å². The number of amides is 1. The number of benzene rings is 3. The molecule has 0 saturated heterocycles. The Kier molecular flexibility index (Phi) is 4.79. The molecule has 0 radical (unpaired) electrons. The number of nitrogens with zero attached hydrogens (tertiary/aromatic N) is 1. The average molecular weight is 411 g/mol. The highest BCUT2D eigenvalue weighted by molar-refractivity contribution is 5.97. The summed E-state index contributed by atoms with van der Waals surface area (Å²) in [7, 11) is 0. The maximum Gasteiger partial charge on any atom is 0.265 e. The summed E-state index contributed by atoms with van der Waals surface area (Å²) < 4.78 is 11.5. The summed E-state index contributed by atoms with van der Waals surface area (Å²) in [5, 5.41) is 0.474. The van der Waals surface area contributed by atoms with Gasteiger partial charge in [-0.25, -0.2) is 0 Å². The quantitative estimate of drug-likeness (QED) is 0.483. The number of ether oxygens (including phenoxy) is 1. The van der Waals surface area contributed by atoms with Gasteiger partial charge in [0, 0.05) is 17.8 Å². The third-order valence-corrected chi connectivity index (χ3v) is 5.67. The summed E-state index contributed by atoms with van der Waals surface area (Å²) in [4.78, 5) is 27.5. The van der Waals surface area contributed by atoms with Crippen LogP contribution in [0.15, 0.2) is 88.3 Å². The first-order chi connectivity index (χ1) is 15.1. The highest BCUT2D eigenvalue weighted by Crippen LogP contribution is 2.32. The molecule has 4 aromatic rings. The summed E-state index contributed by atoms with van der Waals surface area (Å²) in [6, 6.07) is 22.5. The molecule has 0 spiro atoms. The lowest BCUT2D eigenvalue weighted by molar-refractivity contribution is -0.120. The first-order valence-corrected chi connectivity index (χ1v) is 10.3. The van der Waals surface area contributed by atoms with Crippen LogP contribution in [0.1, 0.15) is 12.5 Å². The van der Waals surface area contributed by atoms with E-state index in [4.69, 9.17) is 9.15 Å². The number of carbonyl (C=O) groups excluding carboxylic acids is 1. The molecule has 5 nitrogen and oxygen atoms in total. The van der Waals surface area contributed by atoms with Crippen LogP contribution in [0.25, 0.3) is 22.1 Å². The number of para-hydroxylation sites is 1. The summed E-state index contributed by atoms with van der Waals surface area (Å²) in [6.07, 6.45) is 2.31. The van der Waals surface area contributed by atoms with Crippen molar-refractivity contribution in [3.8, 4) is 16.9 Å². The fourth-order valence-electron chi connectivity index (χ4n) is 4.18. The second-order valence-corrected chi connectivity index (χ2v) is 7.74. The van der Waals surface area contributed by atoms with Crippen LogP contribution in [0.4, 0.5) is 5.69 Å². The first kappa shape index (κ1) is 19.1. The molecule has 31 heavy (non-hydrogen) atoms. The molecule has 5 heteroatoms. The van der Waals surface area contributed by atoms with Gasteiger partial charge in [0.1, 0.15) is 17.6 Å². The molecule has 5 rings (SSSR count). The average Bonchev–Trinajstić information content (AvgIpc) is 3.14. The van der Waals surface area contributed by atoms with Gasteiger partial charge in [0.15, 0.2) is 12.0 Å². The molecule has 0 bridgehead atoms. The van der Waals surface area contributed by atoms with E-state index in [2.05, 4.69) is 6.07 Å². The Morgan fingerprint density at radius 3 is 2.68 bits per heavy atom. The topological polar surface area (TPSA) is 59.8 Å². The van der Waals surface area contributed by atoms with Crippen LogP contribution in [-0.4, -0.2) is 18.6 Å². The fraction of sp³-hybridized carbons (Fsp3) is 0.154. The lowest BCUT2D eigenvalue weighted by Gasteiger charge is -2.22. The minimum Gasteiger partial charge on any atom is -0.484 e. The number of hydrogen-bond acceptors (Lipinski definition) is 4. The molecule has 1 aliphatic heterocycles. The SMILES string of the molecule is CC1Cc2ccccc2N1C(=O)COc1ccc2c(=O)c(-c3ccccc3)coc2c1. The minimum absolute atomic E-state index is 0.0868. The van der Waals surface area contributed by atoms with Crippen molar-refractivity contribution in [1.29, 1.82) is 0 Å². The van der Waals surface area contributed by atoms with Crippen molar-refractivity contribution in [3.05, 3.63) is 94.8 Å². The molecule has 0 N–H and O–H groups in total. The van der Waals surface area contributed by atoms with Gasteiger partial charge in [-0.05, 0) is 42.7 Å². The zero-order valence-electron chi connectivity index (χ0n) is 17.1. The molecular formula is C26H21NO4. The predicted molar refractivity (Wildman–Crippen MR) is 121 cm³/mol. The molecule has 3 aromatic carbocycles. The Morgan fingerprint density at radius 1 is 1.06 bits per heavy atom. The molecule has 1 unspecified atom stereocenters. The van der Waals surface area contributed by atoms with E-state index >= 15 is 0 Å². The summed E-state index contributed by atoms with van der Waals surface area (Å²) in [5.41, 5.74) is 3.77. The Labute approximate surface area is 179 Å². The third kappa shape index (κ3) is 3.48. The van der Waals surface area contributed by atoms with Gasteiger partial charge in [-0.1, -0.05) is 48.5 Å². The lowest BCUT2D eigenvalue weighted by atomic mass is 10.1. The van der Waals surface area contributed by atoms with E-state index in [1.165, 1.54) is 11.8 Å². The van der Waals surface area contributed by atoms with Crippen LogP contribution in [0.5, 0.6) is 5.75 Å². The molecule has 1 atom stereocenters. The van der Waals surface area contributed by atoms with Gasteiger partial charge >= 0.3 is 0 Å². The zero-order chi connectivity index (χ0) is 21.4. The standard InChI is InChI=1S/C26H21NO4/c1-17-13-19-9-5-6-10-23(19)27(17)25(28)16-30-20-11-12-21-24(14-20)31-15-22(26(21)29)18-7-3-2-4-8-18/h2-12,14-15,17H,13,16H2,1H3. The summed E-state index contributed by atoms with van der Waals surface area (Å²) in [5.74, 6) is 0.384. The highest BCUT2D eigenvalue weighted by Gasteiger charge is 2.30. The maximum absolute atomic E-state index is 12.9. The fourth-order valence-corrected chi connectivity index (χ4v) is 4.18. The molecule has 0 fully saturated rings. The maximum atomic E-state index is 12.9. The van der Waals surface area contributed by atoms with Crippen molar-refractivity contribution in [2.75, 3.05) is 11.5 Å². The molecule has 1 aliphatic rings. The smallest absolute Gasteiger partial charge is 0.265 e. The van der Waals surface area contributed by atoms with Gasteiger partial charge in [-0.2, -0.15) is 0 Å². The Hall–Kier alpha value is -3.86. The normalized spacial score (nSPS) is 15.1. The van der Waals surface area contributed by atoms with Crippen LogP contribution < -0.4 is 15.1 Å². The monoisotopic (exact) mass is 411 g/mol.